The zero-order chi connectivity index (χ0) is 13.7. The van der Waals surface area contributed by atoms with E-state index in [1.807, 2.05) is 10.6 Å². The first kappa shape index (κ1) is 14.1. The zero-order valence-corrected chi connectivity index (χ0v) is 11.0. The van der Waals surface area contributed by atoms with Gasteiger partial charge < -0.3 is 9.30 Å². The number of halogens is 3. The number of alkyl halides is 3. The molecule has 0 aliphatic rings. The Morgan fingerprint density at radius 3 is 3.00 bits per heavy atom. The molecule has 0 N–H and O–H groups in total. The van der Waals surface area contributed by atoms with Gasteiger partial charge in [0.1, 0.15) is 17.9 Å². The number of hydrogen-bond acceptors (Lipinski definition) is 3. The summed E-state index contributed by atoms with van der Waals surface area (Å²) >= 11 is 5.74. The minimum absolute atomic E-state index is 0.216. The molecule has 0 spiro atoms. The molecule has 104 valence electrons. The first-order chi connectivity index (χ1) is 9.22. The van der Waals surface area contributed by atoms with Crippen molar-refractivity contribution >= 4 is 22.6 Å². The first-order valence-electron chi connectivity index (χ1n) is 5.93. The second kappa shape index (κ2) is 6.77. The van der Waals surface area contributed by atoms with Crippen molar-refractivity contribution in [3.63, 3.8) is 0 Å². The van der Waals surface area contributed by atoms with Crippen LogP contribution in [0.2, 0.25) is 0 Å². The van der Waals surface area contributed by atoms with Gasteiger partial charge in [-0.3, -0.25) is 4.98 Å². The number of imidazole rings is 1. The molecular formula is C12H14ClF2N3O. The maximum atomic E-state index is 12.0. The molecule has 0 radical (unpaired) electrons. The van der Waals surface area contributed by atoms with Crippen LogP contribution in [-0.4, -0.2) is 40.1 Å². The standard InChI is InChI=1S/C12H14ClF2N3O/c13-3-1-12-17-9-7-16-4-2-10(9)18(12)5-6-19-8-11(14)15/h2,4,7,11H,1,3,5-6,8H2. The van der Waals surface area contributed by atoms with Crippen molar-refractivity contribution in [3.8, 4) is 0 Å². The van der Waals surface area contributed by atoms with E-state index in [0.29, 0.717) is 18.8 Å². The summed E-state index contributed by atoms with van der Waals surface area (Å²) in [6.45, 7) is 0.145. The van der Waals surface area contributed by atoms with E-state index in [4.69, 9.17) is 16.3 Å². The molecule has 0 saturated heterocycles. The second-order valence-electron chi connectivity index (χ2n) is 3.95. The lowest BCUT2D eigenvalue weighted by Gasteiger charge is -2.09. The number of nitrogens with zero attached hydrogens (tertiary/aromatic N) is 3. The molecule has 0 aliphatic carbocycles. The van der Waals surface area contributed by atoms with Crippen molar-refractivity contribution in [2.75, 3.05) is 19.1 Å². The molecule has 2 rings (SSSR count). The van der Waals surface area contributed by atoms with Gasteiger partial charge in [0.2, 0.25) is 0 Å². The third-order valence-electron chi connectivity index (χ3n) is 2.65. The van der Waals surface area contributed by atoms with Gasteiger partial charge in [-0.2, -0.15) is 0 Å². The molecular weight excluding hydrogens is 276 g/mol. The van der Waals surface area contributed by atoms with Crippen LogP contribution in [0, 0.1) is 0 Å². The summed E-state index contributed by atoms with van der Waals surface area (Å²) in [5.41, 5.74) is 1.69. The first-order valence-corrected chi connectivity index (χ1v) is 6.47. The molecule has 2 heterocycles. The Morgan fingerprint density at radius 1 is 1.42 bits per heavy atom. The van der Waals surface area contributed by atoms with E-state index in [-0.39, 0.29) is 6.61 Å². The quantitative estimate of drug-likeness (QED) is 0.581. The fourth-order valence-corrected chi connectivity index (χ4v) is 2.05. The number of pyridine rings is 1. The number of hydrogen-bond donors (Lipinski definition) is 0. The Hall–Kier alpha value is -1.27. The van der Waals surface area contributed by atoms with E-state index in [2.05, 4.69) is 9.97 Å². The largest absolute Gasteiger partial charge is 0.374 e. The van der Waals surface area contributed by atoms with Gasteiger partial charge in [0.25, 0.3) is 6.43 Å². The predicted octanol–water partition coefficient (Wildman–Crippen LogP) is 2.49. The average Bonchev–Trinajstić information content (AvgIpc) is 2.73. The van der Waals surface area contributed by atoms with E-state index in [1.54, 1.807) is 12.4 Å². The van der Waals surface area contributed by atoms with Crippen LogP contribution in [0.5, 0.6) is 0 Å². The summed E-state index contributed by atoms with van der Waals surface area (Å²) in [6, 6.07) is 1.84. The lowest BCUT2D eigenvalue weighted by atomic mass is 10.4. The highest BCUT2D eigenvalue weighted by atomic mass is 35.5. The lowest BCUT2D eigenvalue weighted by molar-refractivity contribution is 0.0148. The fraction of sp³-hybridized carbons (Fsp3) is 0.500. The van der Waals surface area contributed by atoms with Gasteiger partial charge >= 0.3 is 0 Å². The van der Waals surface area contributed by atoms with Gasteiger partial charge in [0.15, 0.2) is 0 Å². The Bertz CT molecular complexity index is 533. The van der Waals surface area contributed by atoms with E-state index >= 15 is 0 Å². The molecule has 4 nitrogen and oxygen atoms in total. The Morgan fingerprint density at radius 2 is 2.26 bits per heavy atom. The highest BCUT2D eigenvalue weighted by molar-refractivity contribution is 6.17. The Labute approximate surface area is 114 Å². The molecule has 0 aromatic carbocycles. The molecule has 0 fully saturated rings. The predicted molar refractivity (Wildman–Crippen MR) is 68.8 cm³/mol. The van der Waals surface area contributed by atoms with Crippen molar-refractivity contribution in [1.29, 1.82) is 0 Å². The minimum Gasteiger partial charge on any atom is -0.374 e. The third kappa shape index (κ3) is 3.61. The minimum atomic E-state index is -2.44. The van der Waals surface area contributed by atoms with E-state index in [0.717, 1.165) is 16.9 Å². The van der Waals surface area contributed by atoms with Crippen molar-refractivity contribution < 1.29 is 13.5 Å². The summed E-state index contributed by atoms with van der Waals surface area (Å²) in [5, 5.41) is 0. The smallest absolute Gasteiger partial charge is 0.261 e. The van der Waals surface area contributed by atoms with Crippen LogP contribution in [0.15, 0.2) is 18.5 Å². The molecule has 2 aromatic heterocycles. The maximum Gasteiger partial charge on any atom is 0.261 e. The van der Waals surface area contributed by atoms with Crippen molar-refractivity contribution in [2.45, 2.75) is 19.4 Å². The molecule has 0 unspecified atom stereocenters. The summed E-state index contributed by atoms with van der Waals surface area (Å²) in [7, 11) is 0. The molecule has 0 saturated carbocycles. The lowest BCUT2D eigenvalue weighted by Crippen LogP contribution is -2.13. The van der Waals surface area contributed by atoms with E-state index in [9.17, 15) is 8.78 Å². The summed E-state index contributed by atoms with van der Waals surface area (Å²) < 4.78 is 30.8. The van der Waals surface area contributed by atoms with Gasteiger partial charge in [0.05, 0.1) is 18.3 Å². The fourth-order valence-electron chi connectivity index (χ4n) is 1.88. The van der Waals surface area contributed by atoms with Crippen LogP contribution in [-0.2, 0) is 17.7 Å². The summed E-state index contributed by atoms with van der Waals surface area (Å²) in [6.07, 6.45) is 1.52. The van der Waals surface area contributed by atoms with Crippen LogP contribution in [0.3, 0.4) is 0 Å². The summed E-state index contributed by atoms with van der Waals surface area (Å²) in [5.74, 6) is 1.27. The maximum absolute atomic E-state index is 12.0. The molecule has 0 bridgehead atoms. The molecule has 2 aromatic rings. The highest BCUT2D eigenvalue weighted by Crippen LogP contribution is 2.15. The molecule has 0 amide bonds. The van der Waals surface area contributed by atoms with Crippen LogP contribution in [0.1, 0.15) is 5.82 Å². The van der Waals surface area contributed by atoms with Crippen LogP contribution in [0.25, 0.3) is 11.0 Å². The Balaban J connectivity index is 2.12. The normalized spacial score (nSPS) is 11.6. The monoisotopic (exact) mass is 289 g/mol. The van der Waals surface area contributed by atoms with Crippen molar-refractivity contribution in [2.24, 2.45) is 0 Å². The second-order valence-corrected chi connectivity index (χ2v) is 4.33. The molecule has 0 atom stereocenters. The number of rotatable bonds is 7. The number of aromatic nitrogens is 3. The molecule has 19 heavy (non-hydrogen) atoms. The van der Waals surface area contributed by atoms with Crippen LogP contribution >= 0.6 is 11.6 Å². The average molecular weight is 290 g/mol. The van der Waals surface area contributed by atoms with Crippen molar-refractivity contribution in [1.82, 2.24) is 14.5 Å². The SMILES string of the molecule is FC(F)COCCn1c(CCCl)nc2cnccc21. The van der Waals surface area contributed by atoms with Crippen LogP contribution in [0.4, 0.5) is 8.78 Å². The highest BCUT2D eigenvalue weighted by Gasteiger charge is 2.10. The zero-order valence-electron chi connectivity index (χ0n) is 10.2. The van der Waals surface area contributed by atoms with Crippen LogP contribution < -0.4 is 0 Å². The van der Waals surface area contributed by atoms with Gasteiger partial charge in [-0.05, 0) is 6.07 Å². The van der Waals surface area contributed by atoms with Crippen molar-refractivity contribution in [3.05, 3.63) is 24.3 Å². The third-order valence-corrected chi connectivity index (χ3v) is 2.84. The van der Waals surface area contributed by atoms with E-state index < -0.39 is 13.0 Å². The van der Waals surface area contributed by atoms with Gasteiger partial charge in [0, 0.05) is 25.0 Å². The number of ether oxygens (including phenoxy) is 1. The molecule has 7 heteroatoms. The van der Waals surface area contributed by atoms with Gasteiger partial charge in [-0.15, -0.1) is 11.6 Å². The van der Waals surface area contributed by atoms with Gasteiger partial charge in [-0.1, -0.05) is 0 Å². The number of fused-ring (bicyclic) bond motifs is 1. The van der Waals surface area contributed by atoms with Gasteiger partial charge in [-0.25, -0.2) is 13.8 Å². The Kier molecular flexibility index (Phi) is 5.04. The van der Waals surface area contributed by atoms with E-state index in [1.165, 1.54) is 0 Å². The molecule has 0 aliphatic heterocycles. The topological polar surface area (TPSA) is 39.9 Å². The number of aryl methyl sites for hydroxylation is 1. The summed E-state index contributed by atoms with van der Waals surface area (Å²) in [4.78, 5) is 8.44.